The molecule has 0 spiro atoms. The predicted molar refractivity (Wildman–Crippen MR) is 104 cm³/mol. The van der Waals surface area contributed by atoms with Gasteiger partial charge in [-0.2, -0.15) is 5.10 Å². The predicted octanol–water partition coefficient (Wildman–Crippen LogP) is 3.15. The number of ether oxygens (including phenoxy) is 1. The number of aromatic hydroxyl groups is 1. The van der Waals surface area contributed by atoms with Crippen molar-refractivity contribution in [1.82, 2.24) is 5.43 Å². The first-order chi connectivity index (χ1) is 12.9. The largest absolute Gasteiger partial charge is 0.504 e. The highest BCUT2D eigenvalue weighted by Crippen LogP contribution is 2.26. The number of nitrogens with zero attached hydrogens (tertiary/aromatic N) is 1. The number of benzene rings is 2. The van der Waals surface area contributed by atoms with Gasteiger partial charge in [-0.05, 0) is 55.0 Å². The van der Waals surface area contributed by atoms with E-state index in [9.17, 15) is 14.7 Å². The lowest BCUT2D eigenvalue weighted by molar-refractivity contribution is -0.118. The molecular formula is C20H23N3O4. The maximum atomic E-state index is 12.1. The van der Waals surface area contributed by atoms with Crippen LogP contribution in [0.1, 0.15) is 36.7 Å². The van der Waals surface area contributed by atoms with Crippen molar-refractivity contribution in [3.63, 3.8) is 0 Å². The molecule has 2 aromatic rings. The molecule has 7 nitrogen and oxygen atoms in total. The zero-order chi connectivity index (χ0) is 19.8. The van der Waals surface area contributed by atoms with Crippen molar-refractivity contribution in [3.05, 3.63) is 53.6 Å². The maximum Gasteiger partial charge on any atom is 0.271 e. The van der Waals surface area contributed by atoms with Crippen LogP contribution < -0.4 is 15.5 Å². The number of rotatable bonds is 7. The van der Waals surface area contributed by atoms with Crippen LogP contribution in [-0.4, -0.2) is 29.7 Å². The van der Waals surface area contributed by atoms with E-state index in [-0.39, 0.29) is 23.5 Å². The fourth-order valence-electron chi connectivity index (χ4n) is 2.10. The van der Waals surface area contributed by atoms with Gasteiger partial charge in [-0.15, -0.1) is 0 Å². The molecule has 0 heterocycles. The molecule has 142 valence electrons. The molecule has 7 heteroatoms. The monoisotopic (exact) mass is 369 g/mol. The van der Waals surface area contributed by atoms with Crippen LogP contribution in [-0.2, 0) is 4.79 Å². The van der Waals surface area contributed by atoms with Crippen molar-refractivity contribution >= 4 is 23.7 Å². The molecule has 2 amide bonds. The van der Waals surface area contributed by atoms with Crippen molar-refractivity contribution < 1.29 is 19.4 Å². The van der Waals surface area contributed by atoms with Gasteiger partial charge in [0.1, 0.15) is 0 Å². The van der Waals surface area contributed by atoms with Gasteiger partial charge >= 0.3 is 0 Å². The molecule has 0 aromatic heterocycles. The lowest BCUT2D eigenvalue weighted by Crippen LogP contribution is -2.19. The molecule has 3 N–H and O–H groups in total. The minimum atomic E-state index is -0.378. The second-order valence-electron chi connectivity index (χ2n) is 6.08. The van der Waals surface area contributed by atoms with Crippen LogP contribution in [0.4, 0.5) is 5.69 Å². The molecule has 0 aliphatic heterocycles. The number of nitrogens with one attached hydrogen (secondary N) is 2. The number of amides is 2. The van der Waals surface area contributed by atoms with Crippen molar-refractivity contribution in [2.45, 2.75) is 20.8 Å². The number of phenols is 1. The van der Waals surface area contributed by atoms with E-state index in [1.807, 2.05) is 6.92 Å². The van der Waals surface area contributed by atoms with Crippen LogP contribution in [0.25, 0.3) is 0 Å². The van der Waals surface area contributed by atoms with Crippen LogP contribution >= 0.6 is 0 Å². The van der Waals surface area contributed by atoms with Gasteiger partial charge in [0.05, 0.1) is 12.8 Å². The number of phenolic OH excluding ortho intramolecular Hbond substituents is 1. The summed E-state index contributed by atoms with van der Waals surface area (Å²) in [5.74, 6) is -0.186. The minimum Gasteiger partial charge on any atom is -0.504 e. The summed E-state index contributed by atoms with van der Waals surface area (Å²) in [5.41, 5.74) is 4.14. The highest BCUT2D eigenvalue weighted by molar-refractivity contribution is 5.96. The van der Waals surface area contributed by atoms with E-state index in [2.05, 4.69) is 15.8 Å². The van der Waals surface area contributed by atoms with Crippen molar-refractivity contribution in [2.24, 2.45) is 11.0 Å². The molecule has 0 saturated heterocycles. The van der Waals surface area contributed by atoms with Gasteiger partial charge in [-0.25, -0.2) is 5.43 Å². The SMILES string of the molecule is CCOc1cc(C=NNC(=O)c2ccc(NC(=O)C(C)C)cc2)ccc1O. The van der Waals surface area contributed by atoms with Crippen molar-refractivity contribution in [2.75, 3.05) is 11.9 Å². The summed E-state index contributed by atoms with van der Waals surface area (Å²) in [7, 11) is 0. The summed E-state index contributed by atoms with van der Waals surface area (Å²) in [6.45, 7) is 5.86. The van der Waals surface area contributed by atoms with Crippen molar-refractivity contribution in [3.8, 4) is 11.5 Å². The Bertz CT molecular complexity index is 830. The van der Waals surface area contributed by atoms with Gasteiger partial charge in [0, 0.05) is 17.2 Å². The standard InChI is InChI=1S/C20H23N3O4/c1-4-27-18-11-14(5-10-17(18)24)12-21-23-20(26)15-6-8-16(9-7-15)22-19(25)13(2)3/h5-13,24H,4H2,1-3H3,(H,22,25)(H,23,26). The van der Waals surface area contributed by atoms with Crippen LogP contribution in [0, 0.1) is 5.92 Å². The van der Waals surface area contributed by atoms with E-state index in [0.29, 0.717) is 29.2 Å². The molecule has 27 heavy (non-hydrogen) atoms. The summed E-state index contributed by atoms with van der Waals surface area (Å²) in [4.78, 5) is 23.8. The Kier molecular flexibility index (Phi) is 6.93. The van der Waals surface area contributed by atoms with Crippen LogP contribution in [0.3, 0.4) is 0 Å². The van der Waals surface area contributed by atoms with Crippen LogP contribution in [0.5, 0.6) is 11.5 Å². The Labute approximate surface area is 158 Å². The number of hydrogen-bond acceptors (Lipinski definition) is 5. The third kappa shape index (κ3) is 5.85. The van der Waals surface area contributed by atoms with Gasteiger partial charge < -0.3 is 15.2 Å². The van der Waals surface area contributed by atoms with Crippen LogP contribution in [0.2, 0.25) is 0 Å². The number of hydrazone groups is 1. The molecule has 0 saturated carbocycles. The molecule has 0 bridgehead atoms. The molecular weight excluding hydrogens is 346 g/mol. The number of hydrogen-bond donors (Lipinski definition) is 3. The fraction of sp³-hybridized carbons (Fsp3) is 0.250. The fourth-order valence-corrected chi connectivity index (χ4v) is 2.10. The Morgan fingerprint density at radius 2 is 1.89 bits per heavy atom. The summed E-state index contributed by atoms with van der Waals surface area (Å²) >= 11 is 0. The van der Waals surface area contributed by atoms with E-state index in [0.717, 1.165) is 0 Å². The van der Waals surface area contributed by atoms with Crippen LogP contribution in [0.15, 0.2) is 47.6 Å². The zero-order valence-electron chi connectivity index (χ0n) is 15.5. The Balaban J connectivity index is 1.96. The highest BCUT2D eigenvalue weighted by Gasteiger charge is 2.08. The first kappa shape index (κ1) is 20.0. The number of anilines is 1. The van der Waals surface area contributed by atoms with Crippen molar-refractivity contribution in [1.29, 1.82) is 0 Å². The molecule has 2 aromatic carbocycles. The molecule has 2 rings (SSSR count). The van der Waals surface area contributed by atoms with E-state index in [4.69, 9.17) is 4.74 Å². The first-order valence-electron chi connectivity index (χ1n) is 8.61. The number of carbonyl (C=O) groups is 2. The quantitative estimate of drug-likeness (QED) is 0.515. The smallest absolute Gasteiger partial charge is 0.271 e. The molecule has 0 unspecified atom stereocenters. The number of carbonyl (C=O) groups excluding carboxylic acids is 2. The summed E-state index contributed by atoms with van der Waals surface area (Å²) in [6.07, 6.45) is 1.46. The average Bonchev–Trinajstić information content (AvgIpc) is 2.65. The van der Waals surface area contributed by atoms with E-state index < -0.39 is 0 Å². The second-order valence-corrected chi connectivity index (χ2v) is 6.08. The summed E-state index contributed by atoms with van der Waals surface area (Å²) in [6, 6.07) is 11.3. The second kappa shape index (κ2) is 9.38. The summed E-state index contributed by atoms with van der Waals surface area (Å²) < 4.78 is 5.30. The van der Waals surface area contributed by atoms with E-state index in [1.165, 1.54) is 12.3 Å². The Morgan fingerprint density at radius 1 is 1.19 bits per heavy atom. The van der Waals surface area contributed by atoms with Gasteiger partial charge in [0.25, 0.3) is 5.91 Å². The van der Waals surface area contributed by atoms with E-state index >= 15 is 0 Å². The Hall–Kier alpha value is -3.35. The van der Waals surface area contributed by atoms with Gasteiger partial charge in [-0.1, -0.05) is 13.8 Å². The van der Waals surface area contributed by atoms with Gasteiger partial charge in [-0.3, -0.25) is 9.59 Å². The lowest BCUT2D eigenvalue weighted by atomic mass is 10.1. The first-order valence-corrected chi connectivity index (χ1v) is 8.61. The highest BCUT2D eigenvalue weighted by atomic mass is 16.5. The molecule has 0 fully saturated rings. The Morgan fingerprint density at radius 3 is 2.52 bits per heavy atom. The zero-order valence-corrected chi connectivity index (χ0v) is 15.5. The molecule has 0 aliphatic carbocycles. The van der Waals surface area contributed by atoms with Gasteiger partial charge in [0.15, 0.2) is 11.5 Å². The minimum absolute atomic E-state index is 0.0442. The van der Waals surface area contributed by atoms with Gasteiger partial charge in [0.2, 0.25) is 5.91 Å². The normalized spacial score (nSPS) is 10.8. The summed E-state index contributed by atoms with van der Waals surface area (Å²) in [5, 5.41) is 16.3. The van der Waals surface area contributed by atoms with E-state index in [1.54, 1.807) is 50.2 Å². The third-order valence-corrected chi connectivity index (χ3v) is 3.60. The average molecular weight is 369 g/mol. The lowest BCUT2D eigenvalue weighted by Gasteiger charge is -2.08. The maximum absolute atomic E-state index is 12.1. The molecule has 0 aliphatic rings. The molecule has 0 atom stereocenters. The third-order valence-electron chi connectivity index (χ3n) is 3.60. The molecule has 0 radical (unpaired) electrons. The topological polar surface area (TPSA) is 100 Å².